The van der Waals surface area contributed by atoms with Gasteiger partial charge < -0.3 is 17.2 Å². The molecule has 0 aliphatic carbocycles. The summed E-state index contributed by atoms with van der Waals surface area (Å²) in [6, 6.07) is 0. The predicted molar refractivity (Wildman–Crippen MR) is 29.7 cm³/mol. The third kappa shape index (κ3) is 3.21. The molecule has 42 valence electrons. The van der Waals surface area contributed by atoms with Crippen molar-refractivity contribution < 1.29 is 0 Å². The summed E-state index contributed by atoms with van der Waals surface area (Å²) in [5.41, 5.74) is 15.1. The van der Waals surface area contributed by atoms with Gasteiger partial charge in [-0.2, -0.15) is 0 Å². The summed E-state index contributed by atoms with van der Waals surface area (Å²) in [5.74, 6) is 0. The first-order valence-corrected chi connectivity index (χ1v) is 2.00. The molecule has 0 radical (unpaired) electrons. The minimum Gasteiger partial charge on any atom is -0.390 e. The molecule has 0 saturated carbocycles. The van der Waals surface area contributed by atoms with Crippen LogP contribution in [0.4, 0.5) is 0 Å². The Bertz CT molecular complexity index is 60.0. The maximum Gasteiger partial charge on any atom is 0.111 e. The molecule has 0 aliphatic rings. The average Bonchev–Trinajstić information content (AvgIpc) is 1.68. The van der Waals surface area contributed by atoms with Crippen molar-refractivity contribution >= 4 is 6.34 Å². The number of nitrogens with zero attached hydrogens (tertiary/aromatic N) is 1. The molecular weight excluding hydrogens is 92.1 g/mol. The van der Waals surface area contributed by atoms with E-state index in [1.165, 1.54) is 0 Å². The van der Waals surface area contributed by atoms with Crippen LogP contribution in [0.15, 0.2) is 4.99 Å². The quantitative estimate of drug-likeness (QED) is 0.284. The van der Waals surface area contributed by atoms with Gasteiger partial charge in [0.05, 0.1) is 6.34 Å². The second-order valence-corrected chi connectivity index (χ2v) is 1.10. The molecule has 0 saturated heterocycles. The fourth-order valence-corrected chi connectivity index (χ4v) is 0.171. The molecule has 4 nitrogen and oxygen atoms in total. The zero-order chi connectivity index (χ0) is 5.70. The zero-order valence-electron chi connectivity index (χ0n) is 4.04. The zero-order valence-corrected chi connectivity index (χ0v) is 4.04. The van der Waals surface area contributed by atoms with Gasteiger partial charge in [0.2, 0.25) is 0 Å². The van der Waals surface area contributed by atoms with Crippen LogP contribution in [0.5, 0.6) is 0 Å². The van der Waals surface area contributed by atoms with Crippen LogP contribution >= 0.6 is 0 Å². The Hall–Kier alpha value is -0.610. The molecule has 0 fully saturated rings. The van der Waals surface area contributed by atoms with Crippen LogP contribution in [0.25, 0.3) is 0 Å². The molecule has 0 aliphatic heterocycles. The second kappa shape index (κ2) is 3.58. The Morgan fingerprint density at radius 3 is 2.43 bits per heavy atom. The molecule has 0 bridgehead atoms. The highest BCUT2D eigenvalue weighted by molar-refractivity contribution is 5.51. The molecule has 7 heavy (non-hydrogen) atoms. The molecule has 0 aromatic rings. The van der Waals surface area contributed by atoms with Crippen molar-refractivity contribution in [3.63, 3.8) is 0 Å². The summed E-state index contributed by atoms with van der Waals surface area (Å²) in [6.45, 7) is 0.341. The number of hydrogen-bond acceptors (Lipinski definition) is 3. The van der Waals surface area contributed by atoms with E-state index < -0.39 is 0 Å². The number of aliphatic imine (C=N–C) groups is 1. The summed E-state index contributed by atoms with van der Waals surface area (Å²) < 4.78 is 0. The van der Waals surface area contributed by atoms with Gasteiger partial charge in [-0.25, -0.2) is 0 Å². The molecule has 0 spiro atoms. The third-order valence-electron chi connectivity index (χ3n) is 0.519. The summed E-state index contributed by atoms with van der Waals surface area (Å²) in [7, 11) is 0. The second-order valence-electron chi connectivity index (χ2n) is 1.10. The first kappa shape index (κ1) is 6.39. The summed E-state index contributed by atoms with van der Waals surface area (Å²) in [4.78, 5) is 3.55. The predicted octanol–water partition coefficient (Wildman–Crippen LogP) is -1.78. The summed E-state index contributed by atoms with van der Waals surface area (Å²) in [5, 5.41) is 0. The average molecular weight is 102 g/mol. The molecule has 6 N–H and O–H groups in total. The van der Waals surface area contributed by atoms with Gasteiger partial charge >= 0.3 is 0 Å². The molecule has 0 aromatic heterocycles. The lowest BCUT2D eigenvalue weighted by atomic mass is 10.5. The van der Waals surface area contributed by atoms with Gasteiger partial charge in [-0.3, -0.25) is 4.99 Å². The summed E-state index contributed by atoms with van der Waals surface area (Å²) in [6.07, 6.45) is 0.822. The smallest absolute Gasteiger partial charge is 0.111 e. The van der Waals surface area contributed by atoms with Gasteiger partial charge in [-0.05, 0) is 0 Å². The first-order chi connectivity index (χ1) is 3.31. The SMILES string of the molecule is NC=NC(N)CN. The van der Waals surface area contributed by atoms with Crippen LogP contribution in [0.2, 0.25) is 0 Å². The Labute approximate surface area is 42.4 Å². The van der Waals surface area contributed by atoms with Gasteiger partial charge in [0.15, 0.2) is 0 Å². The Kier molecular flexibility index (Phi) is 3.26. The standard InChI is InChI=1S/C3H10N4/c4-1-3(6)7-2-5/h2-3H,1,4,6H2,(H2,5,7). The van der Waals surface area contributed by atoms with Crippen molar-refractivity contribution in [3.05, 3.63) is 0 Å². The number of rotatable bonds is 2. The summed E-state index contributed by atoms with van der Waals surface area (Å²) >= 11 is 0. The van der Waals surface area contributed by atoms with Gasteiger partial charge in [0.25, 0.3) is 0 Å². The maximum absolute atomic E-state index is 5.18. The molecule has 0 rings (SSSR count). The highest BCUT2D eigenvalue weighted by atomic mass is 15.0. The molecule has 0 amide bonds. The minimum atomic E-state index is -0.329. The van der Waals surface area contributed by atoms with Crippen molar-refractivity contribution in [2.75, 3.05) is 6.54 Å². The van der Waals surface area contributed by atoms with E-state index in [1.807, 2.05) is 0 Å². The highest BCUT2D eigenvalue weighted by Gasteiger charge is 1.87. The van der Waals surface area contributed by atoms with Crippen LogP contribution < -0.4 is 17.2 Å². The van der Waals surface area contributed by atoms with Crippen molar-refractivity contribution in [1.82, 2.24) is 0 Å². The first-order valence-electron chi connectivity index (χ1n) is 2.00. The third-order valence-corrected chi connectivity index (χ3v) is 0.519. The van der Waals surface area contributed by atoms with E-state index >= 15 is 0 Å². The van der Waals surface area contributed by atoms with Crippen molar-refractivity contribution in [2.45, 2.75) is 6.17 Å². The van der Waals surface area contributed by atoms with E-state index in [4.69, 9.17) is 17.2 Å². The van der Waals surface area contributed by atoms with E-state index in [1.54, 1.807) is 0 Å². The fraction of sp³-hybridized carbons (Fsp3) is 0.667. The molecule has 4 heteroatoms. The Balaban J connectivity index is 3.16. The van der Waals surface area contributed by atoms with Gasteiger partial charge in [-0.15, -0.1) is 0 Å². The lowest BCUT2D eigenvalue weighted by molar-refractivity contribution is 0.722. The normalized spacial score (nSPS) is 15.1. The Morgan fingerprint density at radius 1 is 1.71 bits per heavy atom. The molecule has 1 atom stereocenters. The topological polar surface area (TPSA) is 90.4 Å². The van der Waals surface area contributed by atoms with Crippen molar-refractivity contribution in [3.8, 4) is 0 Å². The lowest BCUT2D eigenvalue weighted by Gasteiger charge is -1.96. The fourth-order valence-electron chi connectivity index (χ4n) is 0.171. The Morgan fingerprint density at radius 2 is 2.29 bits per heavy atom. The van der Waals surface area contributed by atoms with E-state index in [0.29, 0.717) is 6.54 Å². The van der Waals surface area contributed by atoms with Crippen LogP contribution in [-0.2, 0) is 0 Å². The lowest BCUT2D eigenvalue weighted by Crippen LogP contribution is -2.27. The van der Waals surface area contributed by atoms with Gasteiger partial charge in [-0.1, -0.05) is 0 Å². The van der Waals surface area contributed by atoms with Gasteiger partial charge in [0, 0.05) is 6.54 Å². The van der Waals surface area contributed by atoms with E-state index in [-0.39, 0.29) is 6.17 Å². The van der Waals surface area contributed by atoms with Crippen LogP contribution in [-0.4, -0.2) is 19.0 Å². The van der Waals surface area contributed by atoms with E-state index in [9.17, 15) is 0 Å². The van der Waals surface area contributed by atoms with E-state index in [0.717, 1.165) is 6.34 Å². The molecule has 1 unspecified atom stereocenters. The van der Waals surface area contributed by atoms with Crippen LogP contribution in [0, 0.1) is 0 Å². The minimum absolute atomic E-state index is 0.329. The van der Waals surface area contributed by atoms with Gasteiger partial charge in [0.1, 0.15) is 6.17 Å². The highest BCUT2D eigenvalue weighted by Crippen LogP contribution is 1.68. The molecule has 0 heterocycles. The molecule has 0 aromatic carbocycles. The monoisotopic (exact) mass is 102 g/mol. The van der Waals surface area contributed by atoms with Crippen molar-refractivity contribution in [2.24, 2.45) is 22.2 Å². The molecular formula is C3H10N4. The van der Waals surface area contributed by atoms with Crippen LogP contribution in [0.3, 0.4) is 0 Å². The largest absolute Gasteiger partial charge is 0.390 e. The number of nitrogens with two attached hydrogens (primary N) is 3. The number of hydrogen-bond donors (Lipinski definition) is 3. The van der Waals surface area contributed by atoms with E-state index in [2.05, 4.69) is 4.99 Å². The van der Waals surface area contributed by atoms with Crippen molar-refractivity contribution in [1.29, 1.82) is 0 Å². The maximum atomic E-state index is 5.18. The van der Waals surface area contributed by atoms with Crippen LogP contribution in [0.1, 0.15) is 0 Å².